The molecule has 0 aliphatic rings. The fraction of sp³-hybridized carbons (Fsp3) is 0.150. The highest BCUT2D eigenvalue weighted by Gasteiger charge is 2.19. The van der Waals surface area contributed by atoms with Crippen molar-refractivity contribution in [1.29, 1.82) is 0 Å². The van der Waals surface area contributed by atoms with Crippen LogP contribution in [0.15, 0.2) is 60.2 Å². The Morgan fingerprint density at radius 3 is 2.74 bits per heavy atom. The molecule has 0 saturated carbocycles. The van der Waals surface area contributed by atoms with E-state index in [1.54, 1.807) is 23.8 Å². The van der Waals surface area contributed by atoms with Crippen LogP contribution in [-0.4, -0.2) is 20.4 Å². The van der Waals surface area contributed by atoms with Gasteiger partial charge in [-0.05, 0) is 36.8 Å². The number of aryl methyl sites for hydroxylation is 1. The molecule has 2 aromatic heterocycles. The zero-order valence-corrected chi connectivity index (χ0v) is 15.4. The summed E-state index contributed by atoms with van der Waals surface area (Å²) in [7, 11) is 0. The van der Waals surface area contributed by atoms with Crippen LogP contribution in [-0.2, 0) is 6.54 Å². The number of imidazole rings is 1. The Hall–Kier alpha value is -3.06. The highest BCUT2D eigenvalue weighted by atomic mass is 32.1. The minimum atomic E-state index is -0.349. The van der Waals surface area contributed by atoms with Gasteiger partial charge in [-0.3, -0.25) is 4.79 Å². The molecule has 0 radical (unpaired) electrons. The number of nitrogens with zero attached hydrogens (tertiary/aromatic N) is 3. The van der Waals surface area contributed by atoms with Crippen molar-refractivity contribution >= 4 is 28.3 Å². The number of benzene rings is 2. The first-order valence-corrected chi connectivity index (χ1v) is 9.36. The number of nitrogens with one attached hydrogen (secondary N) is 1. The lowest BCUT2D eigenvalue weighted by Gasteiger charge is -2.20. The molecule has 136 valence electrons. The van der Waals surface area contributed by atoms with Gasteiger partial charge in [0, 0.05) is 11.9 Å². The minimum absolute atomic E-state index is 0.252. The molecular formula is C20H17FN4OS. The number of carbonyl (C=O) groups excluding carboxylic acids is 1. The molecule has 0 aliphatic carbocycles. The molecule has 0 spiro atoms. The van der Waals surface area contributed by atoms with Crippen molar-refractivity contribution in [3.05, 3.63) is 82.3 Å². The van der Waals surface area contributed by atoms with Gasteiger partial charge in [-0.1, -0.05) is 24.3 Å². The van der Waals surface area contributed by atoms with Crippen LogP contribution < -0.4 is 5.32 Å². The van der Waals surface area contributed by atoms with E-state index in [0.29, 0.717) is 12.2 Å². The van der Waals surface area contributed by atoms with E-state index in [0.717, 1.165) is 21.6 Å². The summed E-state index contributed by atoms with van der Waals surface area (Å²) in [6.07, 6.45) is 1.75. The Morgan fingerprint density at radius 2 is 2.00 bits per heavy atom. The van der Waals surface area contributed by atoms with Crippen LogP contribution >= 0.6 is 11.3 Å². The van der Waals surface area contributed by atoms with Crippen LogP contribution in [0.3, 0.4) is 0 Å². The molecule has 1 N–H and O–H groups in total. The summed E-state index contributed by atoms with van der Waals surface area (Å²) in [6, 6.07) is 13.6. The zero-order chi connectivity index (χ0) is 18.8. The molecule has 27 heavy (non-hydrogen) atoms. The Morgan fingerprint density at radius 1 is 1.22 bits per heavy atom. The van der Waals surface area contributed by atoms with E-state index in [2.05, 4.69) is 15.3 Å². The molecular weight excluding hydrogens is 363 g/mol. The lowest BCUT2D eigenvalue weighted by Crippen LogP contribution is -2.31. The first-order valence-electron chi connectivity index (χ1n) is 8.48. The van der Waals surface area contributed by atoms with Gasteiger partial charge >= 0.3 is 0 Å². The van der Waals surface area contributed by atoms with E-state index < -0.39 is 0 Å². The van der Waals surface area contributed by atoms with Gasteiger partial charge in [-0.15, -0.1) is 11.3 Å². The van der Waals surface area contributed by atoms with E-state index in [9.17, 15) is 9.18 Å². The number of aromatic nitrogens is 3. The number of fused-ring (bicyclic) bond motifs is 1. The average Bonchev–Trinajstić information content (AvgIpc) is 3.28. The second-order valence-corrected chi connectivity index (χ2v) is 7.28. The largest absolute Gasteiger partial charge is 0.342 e. The van der Waals surface area contributed by atoms with Crippen molar-refractivity contribution in [2.45, 2.75) is 19.5 Å². The number of para-hydroxylation sites is 2. The molecule has 4 aromatic rings. The Bertz CT molecular complexity index is 1090. The molecule has 0 fully saturated rings. The van der Waals surface area contributed by atoms with E-state index in [-0.39, 0.29) is 17.8 Å². The summed E-state index contributed by atoms with van der Waals surface area (Å²) in [5.41, 5.74) is 3.06. The summed E-state index contributed by atoms with van der Waals surface area (Å²) in [4.78, 5) is 21.3. The van der Waals surface area contributed by atoms with Gasteiger partial charge in [0.25, 0.3) is 5.91 Å². The number of rotatable bonds is 5. The fourth-order valence-electron chi connectivity index (χ4n) is 2.98. The van der Waals surface area contributed by atoms with Crippen molar-refractivity contribution < 1.29 is 9.18 Å². The van der Waals surface area contributed by atoms with E-state index in [1.807, 2.05) is 35.8 Å². The maximum Gasteiger partial charge on any atom is 0.271 e. The fourth-order valence-corrected chi connectivity index (χ4v) is 3.57. The molecule has 7 heteroatoms. The number of carbonyl (C=O) groups is 1. The van der Waals surface area contributed by atoms with Crippen LogP contribution in [0.5, 0.6) is 0 Å². The van der Waals surface area contributed by atoms with Crippen LogP contribution in [0.1, 0.15) is 27.1 Å². The predicted octanol–water partition coefficient (Wildman–Crippen LogP) is 4.11. The maximum atomic E-state index is 13.4. The number of hydrogen-bond acceptors (Lipinski definition) is 4. The molecule has 0 saturated heterocycles. The van der Waals surface area contributed by atoms with Crippen LogP contribution in [0.4, 0.5) is 4.39 Å². The molecule has 1 unspecified atom stereocenters. The van der Waals surface area contributed by atoms with Crippen molar-refractivity contribution in [3.8, 4) is 0 Å². The van der Waals surface area contributed by atoms with Gasteiger partial charge in [-0.2, -0.15) is 0 Å². The molecule has 4 rings (SSSR count). The lowest BCUT2D eigenvalue weighted by atomic mass is 10.1. The van der Waals surface area contributed by atoms with Gasteiger partial charge in [0.15, 0.2) is 0 Å². The van der Waals surface area contributed by atoms with Gasteiger partial charge in [-0.25, -0.2) is 14.4 Å². The van der Waals surface area contributed by atoms with E-state index in [4.69, 9.17) is 0 Å². The van der Waals surface area contributed by atoms with Gasteiger partial charge in [0.05, 0.1) is 28.4 Å². The van der Waals surface area contributed by atoms with E-state index in [1.165, 1.54) is 23.5 Å². The Kier molecular flexibility index (Phi) is 4.68. The van der Waals surface area contributed by atoms with Crippen molar-refractivity contribution in [1.82, 2.24) is 19.9 Å². The molecule has 1 atom stereocenters. The topological polar surface area (TPSA) is 59.8 Å². The number of halogens is 1. The van der Waals surface area contributed by atoms with Gasteiger partial charge in [0.2, 0.25) is 0 Å². The predicted molar refractivity (Wildman–Crippen MR) is 103 cm³/mol. The molecule has 2 heterocycles. The summed E-state index contributed by atoms with van der Waals surface area (Å²) in [5.74, 6) is -0.565. The van der Waals surface area contributed by atoms with Gasteiger partial charge < -0.3 is 9.88 Å². The average molecular weight is 380 g/mol. The smallest absolute Gasteiger partial charge is 0.271 e. The summed E-state index contributed by atoms with van der Waals surface area (Å²) < 4.78 is 15.3. The third kappa shape index (κ3) is 3.73. The molecule has 0 aliphatic heterocycles. The van der Waals surface area contributed by atoms with Crippen molar-refractivity contribution in [2.75, 3.05) is 0 Å². The molecule has 0 bridgehead atoms. The lowest BCUT2D eigenvalue weighted by molar-refractivity contribution is 0.0928. The third-order valence-corrected chi connectivity index (χ3v) is 5.11. The van der Waals surface area contributed by atoms with Crippen LogP contribution in [0, 0.1) is 12.7 Å². The molecule has 1 amide bonds. The highest BCUT2D eigenvalue weighted by molar-refractivity contribution is 7.09. The van der Waals surface area contributed by atoms with Gasteiger partial charge in [0.1, 0.15) is 11.5 Å². The van der Waals surface area contributed by atoms with Crippen molar-refractivity contribution in [3.63, 3.8) is 0 Å². The minimum Gasteiger partial charge on any atom is -0.342 e. The molecule has 5 nitrogen and oxygen atoms in total. The molecule has 2 aromatic carbocycles. The van der Waals surface area contributed by atoms with Crippen LogP contribution in [0.2, 0.25) is 0 Å². The first kappa shape index (κ1) is 17.4. The van der Waals surface area contributed by atoms with Crippen LogP contribution in [0.25, 0.3) is 11.0 Å². The zero-order valence-electron chi connectivity index (χ0n) is 14.6. The standard InChI is InChI=1S/C20H17FN4OS/c1-13-23-18(11-27-13)20(26)24-17(14-6-8-15(21)9-7-14)10-25-12-22-16-4-2-3-5-19(16)25/h2-9,11-12,17H,10H2,1H3,(H,24,26). The van der Waals surface area contributed by atoms with Crippen molar-refractivity contribution in [2.24, 2.45) is 0 Å². The third-order valence-electron chi connectivity index (χ3n) is 4.34. The SMILES string of the molecule is Cc1nc(C(=O)NC(Cn2cnc3ccccc32)c2ccc(F)cc2)cs1. The summed E-state index contributed by atoms with van der Waals surface area (Å²) in [6.45, 7) is 2.33. The van der Waals surface area contributed by atoms with E-state index >= 15 is 0 Å². The Balaban J connectivity index is 1.65. The number of amides is 1. The maximum absolute atomic E-state index is 13.4. The second kappa shape index (κ2) is 7.28. The number of thiazole rings is 1. The monoisotopic (exact) mass is 380 g/mol. The first-order chi connectivity index (χ1) is 13.1. The second-order valence-electron chi connectivity index (χ2n) is 6.22. The number of hydrogen-bond donors (Lipinski definition) is 1. The summed E-state index contributed by atoms with van der Waals surface area (Å²) >= 11 is 1.43. The Labute approximate surface area is 159 Å². The normalized spacial score (nSPS) is 12.2. The summed E-state index contributed by atoms with van der Waals surface area (Å²) in [5, 5.41) is 5.59. The highest BCUT2D eigenvalue weighted by Crippen LogP contribution is 2.20. The quantitative estimate of drug-likeness (QED) is 0.567.